The van der Waals surface area contributed by atoms with Gasteiger partial charge in [0, 0.05) is 20.9 Å². The molecule has 0 aliphatic rings. The molecular weight excluding hydrogens is 394 g/mol. The maximum Gasteiger partial charge on any atom is 0.155 e. The summed E-state index contributed by atoms with van der Waals surface area (Å²) >= 11 is 9.02. The second-order valence-electron chi connectivity index (χ2n) is 5.31. The summed E-state index contributed by atoms with van der Waals surface area (Å²) in [7, 11) is 0. The molecule has 27 heavy (non-hydrogen) atoms. The lowest BCUT2D eigenvalue weighted by atomic mass is 10.2. The van der Waals surface area contributed by atoms with E-state index in [1.54, 1.807) is 17.4 Å². The lowest BCUT2D eigenvalue weighted by Crippen LogP contribution is -1.82. The molecule has 1 aromatic heterocycles. The molecule has 3 nitrogen and oxygen atoms in total. The molecule has 1 heterocycles. The van der Waals surface area contributed by atoms with E-state index in [9.17, 15) is 0 Å². The fourth-order valence-corrected chi connectivity index (χ4v) is 4.21. The highest BCUT2D eigenvalue weighted by atomic mass is 35.5. The summed E-state index contributed by atoms with van der Waals surface area (Å²) in [5.74, 6) is 0. The van der Waals surface area contributed by atoms with Gasteiger partial charge in [0.25, 0.3) is 0 Å². The fraction of sp³-hybridized carbons (Fsp3) is 0. The monoisotopic (exact) mass is 405 g/mol. The van der Waals surface area contributed by atoms with Crippen molar-refractivity contribution in [2.45, 2.75) is 4.34 Å². The second kappa shape index (κ2) is 9.21. The van der Waals surface area contributed by atoms with Crippen molar-refractivity contribution in [2.75, 3.05) is 0 Å². The van der Waals surface area contributed by atoms with Gasteiger partial charge in [-0.1, -0.05) is 65.8 Å². The number of allylic oxidation sites excluding steroid dienone is 3. The van der Waals surface area contributed by atoms with Crippen LogP contribution in [0.15, 0.2) is 82.0 Å². The molecule has 0 atom stereocenters. The highest BCUT2D eigenvalue weighted by Gasteiger charge is 2.09. The summed E-state index contributed by atoms with van der Waals surface area (Å²) in [6.07, 6.45) is 3.28. The molecule has 130 valence electrons. The van der Waals surface area contributed by atoms with E-state index in [-0.39, 0.29) is 5.57 Å². The van der Waals surface area contributed by atoms with Gasteiger partial charge in [0.15, 0.2) is 4.34 Å². The molecular formula is C21H12ClN3S2. The largest absolute Gasteiger partial charge is 0.229 e. The number of nitrogens with zero attached hydrogens (tertiary/aromatic N) is 3. The summed E-state index contributed by atoms with van der Waals surface area (Å²) in [6.45, 7) is 0. The van der Waals surface area contributed by atoms with Gasteiger partial charge in [-0.3, -0.25) is 0 Å². The Morgan fingerprint density at radius 2 is 1.70 bits per heavy atom. The summed E-state index contributed by atoms with van der Waals surface area (Å²) < 4.78 is 0.874. The molecule has 0 aliphatic carbocycles. The third kappa shape index (κ3) is 5.09. The minimum Gasteiger partial charge on any atom is -0.229 e. The topological polar surface area (TPSA) is 60.5 Å². The zero-order chi connectivity index (χ0) is 19.1. The van der Waals surface area contributed by atoms with Crippen LogP contribution in [0.3, 0.4) is 0 Å². The van der Waals surface area contributed by atoms with Crippen LogP contribution in [-0.2, 0) is 0 Å². The van der Waals surface area contributed by atoms with Crippen LogP contribution in [0.2, 0.25) is 5.02 Å². The minimum atomic E-state index is 0.0474. The molecule has 0 unspecified atom stereocenters. The van der Waals surface area contributed by atoms with E-state index in [4.69, 9.17) is 27.1 Å². The zero-order valence-electron chi connectivity index (χ0n) is 14.0. The van der Waals surface area contributed by atoms with E-state index in [1.165, 1.54) is 17.8 Å². The van der Waals surface area contributed by atoms with Crippen molar-refractivity contribution in [3.63, 3.8) is 0 Å². The van der Waals surface area contributed by atoms with Gasteiger partial charge in [-0.15, -0.1) is 11.3 Å². The van der Waals surface area contributed by atoms with Crippen LogP contribution in [0.1, 0.15) is 5.56 Å². The first-order chi connectivity index (χ1) is 13.2. The molecule has 0 bridgehead atoms. The van der Waals surface area contributed by atoms with Crippen LogP contribution in [-0.4, -0.2) is 4.98 Å². The van der Waals surface area contributed by atoms with Gasteiger partial charge < -0.3 is 0 Å². The summed E-state index contributed by atoms with van der Waals surface area (Å²) in [5, 5.41) is 20.6. The fourth-order valence-electron chi connectivity index (χ4n) is 2.20. The molecule has 2 aromatic carbocycles. The summed E-state index contributed by atoms with van der Waals surface area (Å²) in [4.78, 5) is 5.57. The number of hydrogen-bond donors (Lipinski definition) is 0. The minimum absolute atomic E-state index is 0.0474. The highest BCUT2D eigenvalue weighted by Crippen LogP contribution is 2.38. The Balaban J connectivity index is 1.92. The lowest BCUT2D eigenvalue weighted by molar-refractivity contribution is 1.26. The molecule has 0 amide bonds. The average molecular weight is 406 g/mol. The van der Waals surface area contributed by atoms with Crippen molar-refractivity contribution in [1.82, 2.24) is 4.98 Å². The number of thioether (sulfide) groups is 1. The number of aromatic nitrogens is 1. The quantitative estimate of drug-likeness (QED) is 0.273. The van der Waals surface area contributed by atoms with Crippen molar-refractivity contribution in [1.29, 1.82) is 10.5 Å². The van der Waals surface area contributed by atoms with Gasteiger partial charge in [0.1, 0.15) is 17.7 Å². The third-order valence-electron chi connectivity index (χ3n) is 3.52. The Hall–Kier alpha value is -2.83. The first-order valence-electron chi connectivity index (χ1n) is 7.86. The maximum absolute atomic E-state index is 8.96. The van der Waals surface area contributed by atoms with E-state index in [1.807, 2.05) is 72.1 Å². The second-order valence-corrected chi connectivity index (χ2v) is 7.89. The van der Waals surface area contributed by atoms with E-state index < -0.39 is 0 Å². The molecule has 3 aromatic rings. The standard InChI is InChI=1S/C21H12ClN3S2/c22-18-9-7-17(8-10-18)20(11-6-15(12-23)13-24)27-21-25-19(14-26-21)16-4-2-1-3-5-16/h1-11,14H. The molecule has 0 saturated carbocycles. The number of nitriles is 2. The molecule has 0 radical (unpaired) electrons. The van der Waals surface area contributed by atoms with Crippen molar-refractivity contribution in [2.24, 2.45) is 0 Å². The Labute approximate surface area is 170 Å². The average Bonchev–Trinajstić information content (AvgIpc) is 3.18. The SMILES string of the molecule is N#CC(C#N)=CC=C(Sc1nc(-c2ccccc2)cs1)c1ccc(Cl)cc1. The van der Waals surface area contributed by atoms with Gasteiger partial charge in [-0.05, 0) is 29.8 Å². The van der Waals surface area contributed by atoms with E-state index in [0.29, 0.717) is 5.02 Å². The maximum atomic E-state index is 8.96. The summed E-state index contributed by atoms with van der Waals surface area (Å²) in [6, 6.07) is 21.1. The van der Waals surface area contributed by atoms with Crippen LogP contribution in [0.4, 0.5) is 0 Å². The first-order valence-corrected chi connectivity index (χ1v) is 9.94. The van der Waals surface area contributed by atoms with Gasteiger partial charge in [-0.2, -0.15) is 10.5 Å². The molecule has 0 spiro atoms. The predicted octanol–water partition coefficient (Wildman–Crippen LogP) is 6.57. The Morgan fingerprint density at radius 1 is 1.00 bits per heavy atom. The Morgan fingerprint density at radius 3 is 2.37 bits per heavy atom. The molecule has 0 saturated heterocycles. The zero-order valence-corrected chi connectivity index (χ0v) is 16.4. The summed E-state index contributed by atoms with van der Waals surface area (Å²) in [5.41, 5.74) is 2.97. The number of benzene rings is 2. The molecule has 3 rings (SSSR count). The smallest absolute Gasteiger partial charge is 0.155 e. The van der Waals surface area contributed by atoms with Crippen LogP contribution in [0.25, 0.3) is 16.2 Å². The Kier molecular flexibility index (Phi) is 6.46. The predicted molar refractivity (Wildman–Crippen MR) is 112 cm³/mol. The number of halogens is 1. The van der Waals surface area contributed by atoms with E-state index in [2.05, 4.69) is 0 Å². The van der Waals surface area contributed by atoms with Crippen LogP contribution in [0, 0.1) is 22.7 Å². The normalized spacial score (nSPS) is 10.7. The Bertz CT molecular complexity index is 1050. The van der Waals surface area contributed by atoms with Crippen molar-refractivity contribution >= 4 is 39.6 Å². The number of thiazole rings is 1. The molecule has 0 fully saturated rings. The molecule has 0 N–H and O–H groups in total. The van der Waals surface area contributed by atoms with Gasteiger partial charge in [-0.25, -0.2) is 4.98 Å². The van der Waals surface area contributed by atoms with Crippen molar-refractivity contribution in [3.05, 3.63) is 88.3 Å². The van der Waals surface area contributed by atoms with E-state index >= 15 is 0 Å². The van der Waals surface area contributed by atoms with Crippen LogP contribution >= 0.6 is 34.7 Å². The van der Waals surface area contributed by atoms with Gasteiger partial charge >= 0.3 is 0 Å². The van der Waals surface area contributed by atoms with Crippen molar-refractivity contribution in [3.8, 4) is 23.4 Å². The third-order valence-corrected chi connectivity index (χ3v) is 5.80. The molecule has 6 heteroatoms. The van der Waals surface area contributed by atoms with Gasteiger partial charge in [0.05, 0.1) is 5.69 Å². The van der Waals surface area contributed by atoms with Crippen LogP contribution < -0.4 is 0 Å². The van der Waals surface area contributed by atoms with Crippen molar-refractivity contribution < 1.29 is 0 Å². The van der Waals surface area contributed by atoms with Gasteiger partial charge in [0.2, 0.25) is 0 Å². The highest BCUT2D eigenvalue weighted by molar-refractivity contribution is 8.09. The number of hydrogen-bond acceptors (Lipinski definition) is 5. The van der Waals surface area contributed by atoms with E-state index in [0.717, 1.165) is 26.1 Å². The molecule has 0 aliphatic heterocycles. The lowest BCUT2D eigenvalue weighted by Gasteiger charge is -2.05. The first kappa shape index (κ1) is 18.9. The number of rotatable bonds is 5. The van der Waals surface area contributed by atoms with Crippen LogP contribution in [0.5, 0.6) is 0 Å².